The lowest BCUT2D eigenvalue weighted by molar-refractivity contribution is 0.0999. The minimum Gasteiger partial charge on any atom is -0.440 e. The molecular weight excluding hydrogens is 420 g/mol. The third kappa shape index (κ3) is 4.32. The third-order valence-electron chi connectivity index (χ3n) is 6.76. The van der Waals surface area contributed by atoms with Gasteiger partial charge in [-0.15, -0.1) is 0 Å². The zero-order chi connectivity index (χ0) is 23.5. The van der Waals surface area contributed by atoms with Crippen molar-refractivity contribution in [2.24, 2.45) is 11.7 Å². The summed E-state index contributed by atoms with van der Waals surface area (Å²) in [5.41, 5.74) is 11.2. The van der Waals surface area contributed by atoms with Crippen molar-refractivity contribution < 1.29 is 9.21 Å². The summed E-state index contributed by atoms with van der Waals surface area (Å²) in [4.78, 5) is 16.9. The van der Waals surface area contributed by atoms with Crippen molar-refractivity contribution >= 4 is 5.91 Å². The minimum atomic E-state index is -0.386. The van der Waals surface area contributed by atoms with Crippen molar-refractivity contribution in [3.05, 3.63) is 114 Å². The summed E-state index contributed by atoms with van der Waals surface area (Å²) in [5.74, 6) is 1.57. The highest BCUT2D eigenvalue weighted by Gasteiger charge is 2.30. The van der Waals surface area contributed by atoms with Gasteiger partial charge in [-0.2, -0.15) is 0 Å². The molecule has 0 fully saturated rings. The summed E-state index contributed by atoms with van der Waals surface area (Å²) in [5, 5.41) is 0. The summed E-state index contributed by atoms with van der Waals surface area (Å²) in [6, 6.07) is 26.2. The van der Waals surface area contributed by atoms with E-state index in [1.54, 1.807) is 6.07 Å². The van der Waals surface area contributed by atoms with Gasteiger partial charge in [0.05, 0.1) is 0 Å². The Hall–Kier alpha value is -3.92. The van der Waals surface area contributed by atoms with Crippen LogP contribution >= 0.6 is 0 Å². The second-order valence-corrected chi connectivity index (χ2v) is 8.90. The zero-order valence-electron chi connectivity index (χ0n) is 19.3. The van der Waals surface area contributed by atoms with E-state index < -0.39 is 0 Å². The molecule has 5 rings (SSSR count). The topological polar surface area (TPSA) is 69.1 Å². The molecule has 2 unspecified atom stereocenters. The first kappa shape index (κ1) is 21.9. The molecule has 4 aromatic rings. The number of oxazole rings is 1. The van der Waals surface area contributed by atoms with Crippen LogP contribution in [0.3, 0.4) is 0 Å². The Balaban J connectivity index is 1.54. The molecule has 0 radical (unpaired) electrons. The number of rotatable bonds is 6. The highest BCUT2D eigenvalue weighted by atomic mass is 16.4. The number of aromatic nitrogens is 1. The van der Waals surface area contributed by atoms with Crippen molar-refractivity contribution in [1.82, 2.24) is 4.98 Å². The first-order chi connectivity index (χ1) is 16.6. The molecule has 170 valence electrons. The van der Waals surface area contributed by atoms with Gasteiger partial charge < -0.3 is 10.2 Å². The number of hydrogen-bond acceptors (Lipinski definition) is 3. The predicted molar refractivity (Wildman–Crippen MR) is 135 cm³/mol. The summed E-state index contributed by atoms with van der Waals surface area (Å²) < 4.78 is 6.54. The standard InChI is InChI=1S/C30H28N2O2/c1-20-23(16-10-18-25(20)29(31)33)19-24-15-8-9-17-26(24)30-32-27(21-11-4-2-5-12-21)28(34-30)22-13-6-3-7-14-22/h2-8,10-16,18,24,26H,9,17,19H2,1H3,(H2,31,33). The minimum absolute atomic E-state index is 0.154. The molecule has 1 amide bonds. The highest BCUT2D eigenvalue weighted by Crippen LogP contribution is 2.41. The lowest BCUT2D eigenvalue weighted by Gasteiger charge is -2.26. The van der Waals surface area contributed by atoms with Crippen molar-refractivity contribution in [2.45, 2.75) is 32.1 Å². The predicted octanol–water partition coefficient (Wildman–Crippen LogP) is 6.71. The van der Waals surface area contributed by atoms with E-state index in [0.29, 0.717) is 5.56 Å². The lowest BCUT2D eigenvalue weighted by Crippen LogP contribution is -2.19. The lowest BCUT2D eigenvalue weighted by atomic mass is 9.79. The summed E-state index contributed by atoms with van der Waals surface area (Å²) >= 11 is 0. The van der Waals surface area contributed by atoms with E-state index in [1.807, 2.05) is 49.4 Å². The van der Waals surface area contributed by atoms with Crippen LogP contribution in [0.4, 0.5) is 0 Å². The van der Waals surface area contributed by atoms with Crippen LogP contribution in [-0.4, -0.2) is 10.9 Å². The van der Waals surface area contributed by atoms with Crippen LogP contribution in [0.2, 0.25) is 0 Å². The van der Waals surface area contributed by atoms with Crippen LogP contribution in [-0.2, 0) is 6.42 Å². The molecule has 2 N–H and O–H groups in total. The van der Waals surface area contributed by atoms with Gasteiger partial charge in [0, 0.05) is 22.6 Å². The van der Waals surface area contributed by atoms with E-state index >= 15 is 0 Å². The molecule has 1 aliphatic carbocycles. The molecule has 0 aliphatic heterocycles. The summed E-state index contributed by atoms with van der Waals surface area (Å²) in [7, 11) is 0. The van der Waals surface area contributed by atoms with Gasteiger partial charge in [-0.3, -0.25) is 4.79 Å². The van der Waals surface area contributed by atoms with Gasteiger partial charge in [0.1, 0.15) is 5.69 Å². The Morgan fingerprint density at radius 2 is 1.68 bits per heavy atom. The van der Waals surface area contributed by atoms with Crippen LogP contribution in [0, 0.1) is 12.8 Å². The highest BCUT2D eigenvalue weighted by molar-refractivity contribution is 5.94. The number of allylic oxidation sites excluding steroid dienone is 2. The number of nitrogens with zero attached hydrogens (tertiary/aromatic N) is 1. The SMILES string of the molecule is Cc1c(CC2C=CCCC2c2nc(-c3ccccc3)c(-c3ccccc3)o2)cccc1C(N)=O. The van der Waals surface area contributed by atoms with Gasteiger partial charge in [0.25, 0.3) is 0 Å². The fraction of sp³-hybridized carbons (Fsp3) is 0.200. The van der Waals surface area contributed by atoms with Crippen molar-refractivity contribution in [3.8, 4) is 22.6 Å². The molecule has 3 aromatic carbocycles. The van der Waals surface area contributed by atoms with Gasteiger partial charge in [-0.25, -0.2) is 4.98 Å². The summed E-state index contributed by atoms with van der Waals surface area (Å²) in [6.45, 7) is 1.98. The number of nitrogens with two attached hydrogens (primary N) is 1. The Bertz CT molecular complexity index is 1270. The molecule has 1 aliphatic rings. The molecule has 1 aromatic heterocycles. The Morgan fingerprint density at radius 3 is 2.38 bits per heavy atom. The normalized spacial score (nSPS) is 17.6. The summed E-state index contributed by atoms with van der Waals surface area (Å²) in [6.07, 6.45) is 7.29. The van der Waals surface area contributed by atoms with E-state index in [1.165, 1.54) is 0 Å². The fourth-order valence-electron chi connectivity index (χ4n) is 4.91. The Morgan fingerprint density at radius 1 is 0.971 bits per heavy atom. The van der Waals surface area contributed by atoms with Crippen LogP contribution in [0.15, 0.2) is 95.4 Å². The van der Waals surface area contributed by atoms with E-state index in [-0.39, 0.29) is 17.7 Å². The van der Waals surface area contributed by atoms with Gasteiger partial charge >= 0.3 is 0 Å². The zero-order valence-corrected chi connectivity index (χ0v) is 19.3. The maximum absolute atomic E-state index is 11.8. The molecule has 0 spiro atoms. The van der Waals surface area contributed by atoms with E-state index in [0.717, 1.165) is 58.9 Å². The van der Waals surface area contributed by atoms with Crippen LogP contribution in [0.1, 0.15) is 46.1 Å². The number of carbonyl (C=O) groups is 1. The van der Waals surface area contributed by atoms with Gasteiger partial charge in [0.2, 0.25) is 5.91 Å². The molecule has 34 heavy (non-hydrogen) atoms. The number of primary amides is 1. The van der Waals surface area contributed by atoms with Crippen LogP contribution in [0.25, 0.3) is 22.6 Å². The largest absolute Gasteiger partial charge is 0.440 e. The average molecular weight is 449 g/mol. The Kier molecular flexibility index (Phi) is 6.13. The number of carbonyl (C=O) groups excluding carboxylic acids is 1. The van der Waals surface area contributed by atoms with Crippen LogP contribution < -0.4 is 5.73 Å². The smallest absolute Gasteiger partial charge is 0.248 e. The van der Waals surface area contributed by atoms with Gasteiger partial charge in [-0.1, -0.05) is 84.9 Å². The first-order valence-electron chi connectivity index (χ1n) is 11.8. The third-order valence-corrected chi connectivity index (χ3v) is 6.76. The number of hydrogen-bond donors (Lipinski definition) is 1. The molecule has 2 atom stereocenters. The molecule has 0 saturated heterocycles. The van der Waals surface area contributed by atoms with Crippen molar-refractivity contribution in [3.63, 3.8) is 0 Å². The fourth-order valence-corrected chi connectivity index (χ4v) is 4.91. The second-order valence-electron chi connectivity index (χ2n) is 8.90. The second kappa shape index (κ2) is 9.52. The monoisotopic (exact) mass is 448 g/mol. The average Bonchev–Trinajstić information content (AvgIpc) is 3.32. The van der Waals surface area contributed by atoms with Crippen molar-refractivity contribution in [2.75, 3.05) is 0 Å². The maximum atomic E-state index is 11.8. The molecule has 0 saturated carbocycles. The van der Waals surface area contributed by atoms with Crippen molar-refractivity contribution in [1.29, 1.82) is 0 Å². The van der Waals surface area contributed by atoms with Crippen LogP contribution in [0.5, 0.6) is 0 Å². The first-order valence-corrected chi connectivity index (χ1v) is 11.8. The van der Waals surface area contributed by atoms with Gasteiger partial charge in [-0.05, 0) is 49.3 Å². The quantitative estimate of drug-likeness (QED) is 0.333. The van der Waals surface area contributed by atoms with E-state index in [2.05, 4.69) is 42.5 Å². The Labute approximate surface area is 200 Å². The van der Waals surface area contributed by atoms with E-state index in [4.69, 9.17) is 15.1 Å². The molecule has 1 heterocycles. The molecular formula is C30H28N2O2. The molecule has 0 bridgehead atoms. The van der Waals surface area contributed by atoms with Gasteiger partial charge in [0.15, 0.2) is 11.7 Å². The number of benzene rings is 3. The number of amides is 1. The maximum Gasteiger partial charge on any atom is 0.248 e. The molecule has 4 heteroatoms. The van der Waals surface area contributed by atoms with E-state index in [9.17, 15) is 4.79 Å². The molecule has 4 nitrogen and oxygen atoms in total.